The summed E-state index contributed by atoms with van der Waals surface area (Å²) in [6.07, 6.45) is 3.66. The van der Waals surface area contributed by atoms with E-state index in [1.165, 1.54) is 0 Å². The number of rotatable bonds is 6. The van der Waals surface area contributed by atoms with Gasteiger partial charge in [0.25, 0.3) is 5.91 Å². The van der Waals surface area contributed by atoms with Crippen molar-refractivity contribution in [1.29, 1.82) is 0 Å². The summed E-state index contributed by atoms with van der Waals surface area (Å²) in [4.78, 5) is 20.2. The molecule has 2 aromatic heterocycles. The minimum atomic E-state index is -0.199. The van der Waals surface area contributed by atoms with Crippen molar-refractivity contribution in [2.45, 2.75) is 6.54 Å². The number of fused-ring (bicyclic) bond motifs is 1. The van der Waals surface area contributed by atoms with Crippen molar-refractivity contribution >= 4 is 16.9 Å². The normalized spacial score (nSPS) is 10.7. The lowest BCUT2D eigenvalue weighted by Gasteiger charge is -2.12. The van der Waals surface area contributed by atoms with Crippen LogP contribution in [-0.4, -0.2) is 30.1 Å². The Morgan fingerprint density at radius 3 is 2.76 bits per heavy atom. The SMILES string of the molecule is COc1cccc(CNC(=O)c2ccc(-c3cnc4[nH]ccc4c3)cc2OC)c1. The van der Waals surface area contributed by atoms with Gasteiger partial charge in [0, 0.05) is 29.9 Å². The maximum atomic E-state index is 12.7. The molecule has 2 aromatic carbocycles. The van der Waals surface area contributed by atoms with Gasteiger partial charge < -0.3 is 19.8 Å². The molecule has 29 heavy (non-hydrogen) atoms. The molecule has 0 spiro atoms. The molecule has 2 heterocycles. The van der Waals surface area contributed by atoms with Gasteiger partial charge in [0.15, 0.2) is 0 Å². The molecule has 2 N–H and O–H groups in total. The Labute approximate surface area is 168 Å². The topological polar surface area (TPSA) is 76.2 Å². The number of aromatic amines is 1. The van der Waals surface area contributed by atoms with E-state index in [2.05, 4.69) is 21.4 Å². The van der Waals surface area contributed by atoms with E-state index in [9.17, 15) is 4.79 Å². The predicted molar refractivity (Wildman–Crippen MR) is 112 cm³/mol. The molecule has 1 amide bonds. The molecule has 0 aliphatic heterocycles. The predicted octanol–water partition coefficient (Wildman–Crippen LogP) is 4.18. The number of hydrogen-bond acceptors (Lipinski definition) is 4. The van der Waals surface area contributed by atoms with Crippen LogP contribution in [0.15, 0.2) is 67.0 Å². The highest BCUT2D eigenvalue weighted by Crippen LogP contribution is 2.28. The number of carbonyl (C=O) groups is 1. The van der Waals surface area contributed by atoms with Crippen LogP contribution in [-0.2, 0) is 6.54 Å². The molecular weight excluding hydrogens is 366 g/mol. The van der Waals surface area contributed by atoms with Crippen LogP contribution in [0.1, 0.15) is 15.9 Å². The number of nitrogens with one attached hydrogen (secondary N) is 2. The van der Waals surface area contributed by atoms with Gasteiger partial charge in [0.2, 0.25) is 0 Å². The Hall–Kier alpha value is -3.80. The van der Waals surface area contributed by atoms with Crippen LogP contribution in [0.4, 0.5) is 0 Å². The van der Waals surface area contributed by atoms with Crippen molar-refractivity contribution in [3.8, 4) is 22.6 Å². The van der Waals surface area contributed by atoms with E-state index in [4.69, 9.17) is 9.47 Å². The van der Waals surface area contributed by atoms with Crippen LogP contribution in [0.3, 0.4) is 0 Å². The molecule has 0 fully saturated rings. The Morgan fingerprint density at radius 2 is 1.93 bits per heavy atom. The smallest absolute Gasteiger partial charge is 0.255 e. The Morgan fingerprint density at radius 1 is 1.03 bits per heavy atom. The lowest BCUT2D eigenvalue weighted by molar-refractivity contribution is 0.0948. The fourth-order valence-corrected chi connectivity index (χ4v) is 3.22. The van der Waals surface area contributed by atoms with Gasteiger partial charge in [-0.1, -0.05) is 18.2 Å². The van der Waals surface area contributed by atoms with Crippen LogP contribution in [0.2, 0.25) is 0 Å². The first-order valence-electron chi connectivity index (χ1n) is 9.20. The zero-order valence-electron chi connectivity index (χ0n) is 16.2. The molecule has 0 atom stereocenters. The summed E-state index contributed by atoms with van der Waals surface area (Å²) < 4.78 is 10.7. The van der Waals surface area contributed by atoms with E-state index >= 15 is 0 Å². The summed E-state index contributed by atoms with van der Waals surface area (Å²) in [5.41, 5.74) is 4.17. The van der Waals surface area contributed by atoms with E-state index in [0.717, 1.165) is 33.5 Å². The molecule has 0 aliphatic rings. The molecule has 146 valence electrons. The highest BCUT2D eigenvalue weighted by atomic mass is 16.5. The number of nitrogens with zero attached hydrogens (tertiary/aromatic N) is 1. The van der Waals surface area contributed by atoms with Crippen molar-refractivity contribution in [3.63, 3.8) is 0 Å². The minimum Gasteiger partial charge on any atom is -0.497 e. The number of amides is 1. The van der Waals surface area contributed by atoms with Gasteiger partial charge >= 0.3 is 0 Å². The maximum Gasteiger partial charge on any atom is 0.255 e. The van der Waals surface area contributed by atoms with Crippen molar-refractivity contribution in [2.75, 3.05) is 14.2 Å². The quantitative estimate of drug-likeness (QED) is 0.520. The molecule has 0 bridgehead atoms. The third-order valence-electron chi connectivity index (χ3n) is 4.77. The third kappa shape index (κ3) is 3.91. The lowest BCUT2D eigenvalue weighted by Crippen LogP contribution is -2.23. The molecule has 0 radical (unpaired) electrons. The number of hydrogen-bond donors (Lipinski definition) is 2. The van der Waals surface area contributed by atoms with Crippen LogP contribution in [0.25, 0.3) is 22.2 Å². The van der Waals surface area contributed by atoms with E-state index in [1.54, 1.807) is 26.5 Å². The van der Waals surface area contributed by atoms with E-state index < -0.39 is 0 Å². The number of ether oxygens (including phenoxy) is 2. The average molecular weight is 387 g/mol. The fourth-order valence-electron chi connectivity index (χ4n) is 3.22. The van der Waals surface area contributed by atoms with Gasteiger partial charge in [0.1, 0.15) is 17.1 Å². The number of aromatic nitrogens is 2. The van der Waals surface area contributed by atoms with Gasteiger partial charge in [-0.2, -0.15) is 0 Å². The van der Waals surface area contributed by atoms with Gasteiger partial charge in [-0.05, 0) is 47.5 Å². The number of carbonyl (C=O) groups excluding carboxylic acids is 1. The molecule has 0 saturated heterocycles. The molecule has 6 heteroatoms. The fraction of sp³-hybridized carbons (Fsp3) is 0.130. The monoisotopic (exact) mass is 387 g/mol. The van der Waals surface area contributed by atoms with Gasteiger partial charge in [-0.15, -0.1) is 0 Å². The Kier molecular flexibility index (Phi) is 5.16. The second kappa shape index (κ2) is 8.06. The molecule has 0 saturated carbocycles. The first-order valence-corrected chi connectivity index (χ1v) is 9.20. The van der Waals surface area contributed by atoms with Crippen LogP contribution >= 0.6 is 0 Å². The number of H-pyrrole nitrogens is 1. The standard InChI is InChI=1S/C23H21N3O3/c1-28-19-5-3-4-15(10-19)13-26-23(27)20-7-6-16(12-21(20)29-2)18-11-17-8-9-24-22(17)25-14-18/h3-12,14H,13H2,1-2H3,(H,24,25)(H,26,27). The average Bonchev–Trinajstić information content (AvgIpc) is 3.25. The van der Waals surface area contributed by atoms with Crippen molar-refractivity contribution in [1.82, 2.24) is 15.3 Å². The number of methoxy groups -OCH3 is 2. The van der Waals surface area contributed by atoms with Crippen molar-refractivity contribution in [2.24, 2.45) is 0 Å². The van der Waals surface area contributed by atoms with Crippen LogP contribution in [0, 0.1) is 0 Å². The maximum absolute atomic E-state index is 12.7. The van der Waals surface area contributed by atoms with Crippen LogP contribution in [0.5, 0.6) is 11.5 Å². The lowest BCUT2D eigenvalue weighted by atomic mass is 10.0. The van der Waals surface area contributed by atoms with Crippen LogP contribution < -0.4 is 14.8 Å². The van der Waals surface area contributed by atoms with E-state index in [-0.39, 0.29) is 5.91 Å². The minimum absolute atomic E-state index is 0.199. The Bertz CT molecular complexity index is 1170. The number of pyridine rings is 1. The van der Waals surface area contributed by atoms with Gasteiger partial charge in [0.05, 0.1) is 19.8 Å². The van der Waals surface area contributed by atoms with Gasteiger partial charge in [-0.25, -0.2) is 4.98 Å². The molecule has 0 aliphatic carbocycles. The first kappa shape index (κ1) is 18.6. The highest BCUT2D eigenvalue weighted by Gasteiger charge is 2.14. The van der Waals surface area contributed by atoms with E-state index in [1.807, 2.05) is 48.7 Å². The van der Waals surface area contributed by atoms with Crippen molar-refractivity contribution in [3.05, 3.63) is 78.1 Å². The Balaban J connectivity index is 1.54. The number of benzene rings is 2. The second-order valence-corrected chi connectivity index (χ2v) is 6.59. The zero-order valence-corrected chi connectivity index (χ0v) is 16.2. The summed E-state index contributed by atoms with van der Waals surface area (Å²) in [6, 6.07) is 17.2. The summed E-state index contributed by atoms with van der Waals surface area (Å²) in [5, 5.41) is 3.96. The summed E-state index contributed by atoms with van der Waals surface area (Å²) in [6.45, 7) is 0.398. The third-order valence-corrected chi connectivity index (χ3v) is 4.77. The highest BCUT2D eigenvalue weighted by molar-refractivity contribution is 5.97. The summed E-state index contributed by atoms with van der Waals surface area (Å²) in [7, 11) is 3.18. The zero-order chi connectivity index (χ0) is 20.2. The second-order valence-electron chi connectivity index (χ2n) is 6.59. The summed E-state index contributed by atoms with van der Waals surface area (Å²) in [5.74, 6) is 1.07. The van der Waals surface area contributed by atoms with Crippen molar-refractivity contribution < 1.29 is 14.3 Å². The molecule has 4 aromatic rings. The molecular formula is C23H21N3O3. The largest absolute Gasteiger partial charge is 0.497 e. The van der Waals surface area contributed by atoms with Gasteiger partial charge in [-0.3, -0.25) is 4.79 Å². The molecule has 4 rings (SSSR count). The molecule has 6 nitrogen and oxygen atoms in total. The first-order chi connectivity index (χ1) is 14.2. The summed E-state index contributed by atoms with van der Waals surface area (Å²) >= 11 is 0. The van der Waals surface area contributed by atoms with E-state index in [0.29, 0.717) is 17.9 Å². The molecule has 0 unspecified atom stereocenters.